The summed E-state index contributed by atoms with van der Waals surface area (Å²) >= 11 is 0. The van der Waals surface area contributed by atoms with Crippen LogP contribution in [0.25, 0.3) is 0 Å². The highest BCUT2D eigenvalue weighted by Crippen LogP contribution is 2.38. The highest BCUT2D eigenvalue weighted by atomic mass is 19.1. The molecular weight excluding hydrogens is 327 g/mol. The second kappa shape index (κ2) is 7.58. The number of nitrogens with one attached hydrogen (secondary N) is 1. The maximum absolute atomic E-state index is 13.0. The Morgan fingerprint density at radius 3 is 2.35 bits per heavy atom. The number of carbonyl (C=O) groups is 1. The van der Waals surface area contributed by atoms with Crippen LogP contribution in [0.4, 0.5) is 10.1 Å². The van der Waals surface area contributed by atoms with Gasteiger partial charge in [0.2, 0.25) is 0 Å². The zero-order valence-corrected chi connectivity index (χ0v) is 15.0. The molecular formula is C22H25FN2O. The van der Waals surface area contributed by atoms with E-state index in [9.17, 15) is 9.18 Å². The number of halogens is 1. The standard InChI is InChI=1S/C22H25FN2O/c23-19-8-3-17(4-9-19)22(26)24-20-10-5-16(6-11-20)18-7-12-21(15-18)25-13-1-2-14-25/h3-6,8-11,18,21H,1-2,7,12-15H2,(H,24,26). The largest absolute Gasteiger partial charge is 0.322 e. The monoisotopic (exact) mass is 352 g/mol. The Kier molecular flexibility index (Phi) is 5.02. The minimum atomic E-state index is -0.338. The van der Waals surface area contributed by atoms with E-state index in [0.717, 1.165) is 11.7 Å². The summed E-state index contributed by atoms with van der Waals surface area (Å²) in [6.07, 6.45) is 6.50. The molecule has 0 spiro atoms. The van der Waals surface area contributed by atoms with Gasteiger partial charge in [-0.25, -0.2) is 4.39 Å². The highest BCUT2D eigenvalue weighted by molar-refractivity contribution is 6.04. The lowest BCUT2D eigenvalue weighted by Gasteiger charge is -2.23. The molecule has 1 heterocycles. The fourth-order valence-corrected chi connectivity index (χ4v) is 4.34. The normalized spacial score (nSPS) is 23.3. The van der Waals surface area contributed by atoms with E-state index in [1.54, 1.807) is 0 Å². The summed E-state index contributed by atoms with van der Waals surface area (Å²) < 4.78 is 13.0. The maximum Gasteiger partial charge on any atom is 0.255 e. The summed E-state index contributed by atoms with van der Waals surface area (Å²) in [5.74, 6) is 0.0739. The summed E-state index contributed by atoms with van der Waals surface area (Å²) in [6.45, 7) is 2.54. The molecule has 0 radical (unpaired) electrons. The molecule has 2 unspecified atom stereocenters. The summed E-state index contributed by atoms with van der Waals surface area (Å²) in [5, 5.41) is 2.88. The van der Waals surface area contributed by atoms with Crippen LogP contribution in [0, 0.1) is 5.82 Å². The Balaban J connectivity index is 1.36. The van der Waals surface area contributed by atoms with Crippen molar-refractivity contribution in [2.75, 3.05) is 18.4 Å². The number of anilines is 1. The van der Waals surface area contributed by atoms with E-state index in [1.165, 1.54) is 75.0 Å². The van der Waals surface area contributed by atoms with Crippen molar-refractivity contribution in [3.8, 4) is 0 Å². The van der Waals surface area contributed by atoms with Crippen molar-refractivity contribution in [1.82, 2.24) is 4.90 Å². The number of rotatable bonds is 4. The van der Waals surface area contributed by atoms with Gasteiger partial charge in [0, 0.05) is 17.3 Å². The van der Waals surface area contributed by atoms with Crippen LogP contribution in [0.2, 0.25) is 0 Å². The summed E-state index contributed by atoms with van der Waals surface area (Å²) in [5.41, 5.74) is 2.60. The third-order valence-electron chi connectivity index (χ3n) is 5.81. The Hall–Kier alpha value is -2.20. The first-order valence-corrected chi connectivity index (χ1v) is 9.60. The minimum Gasteiger partial charge on any atom is -0.322 e. The first-order valence-electron chi connectivity index (χ1n) is 9.60. The van der Waals surface area contributed by atoms with Crippen LogP contribution in [-0.4, -0.2) is 29.9 Å². The third kappa shape index (κ3) is 3.80. The second-order valence-electron chi connectivity index (χ2n) is 7.49. The van der Waals surface area contributed by atoms with Gasteiger partial charge in [-0.15, -0.1) is 0 Å². The molecule has 0 bridgehead atoms. The minimum absolute atomic E-state index is 0.215. The molecule has 2 atom stereocenters. The van der Waals surface area contributed by atoms with Crippen LogP contribution in [0.5, 0.6) is 0 Å². The number of amides is 1. The second-order valence-corrected chi connectivity index (χ2v) is 7.49. The van der Waals surface area contributed by atoms with E-state index in [2.05, 4.69) is 22.3 Å². The Labute approximate surface area is 154 Å². The molecule has 1 amide bonds. The van der Waals surface area contributed by atoms with Gasteiger partial charge in [-0.1, -0.05) is 12.1 Å². The third-order valence-corrected chi connectivity index (χ3v) is 5.81. The molecule has 4 heteroatoms. The van der Waals surface area contributed by atoms with Gasteiger partial charge >= 0.3 is 0 Å². The molecule has 1 saturated carbocycles. The predicted molar refractivity (Wildman–Crippen MR) is 102 cm³/mol. The SMILES string of the molecule is O=C(Nc1ccc(C2CCC(N3CCCC3)C2)cc1)c1ccc(F)cc1. The smallest absolute Gasteiger partial charge is 0.255 e. The number of likely N-dealkylation sites (tertiary alicyclic amines) is 1. The van der Waals surface area contributed by atoms with Gasteiger partial charge in [0.05, 0.1) is 0 Å². The summed E-state index contributed by atoms with van der Waals surface area (Å²) in [7, 11) is 0. The van der Waals surface area contributed by atoms with Gasteiger partial charge < -0.3 is 10.2 Å². The van der Waals surface area contributed by atoms with Crippen molar-refractivity contribution in [2.24, 2.45) is 0 Å². The lowest BCUT2D eigenvalue weighted by molar-refractivity contribution is 0.102. The van der Waals surface area contributed by atoms with Gasteiger partial charge in [-0.05, 0) is 93.1 Å². The van der Waals surface area contributed by atoms with Crippen LogP contribution >= 0.6 is 0 Å². The van der Waals surface area contributed by atoms with Gasteiger partial charge in [-0.2, -0.15) is 0 Å². The maximum atomic E-state index is 13.0. The summed E-state index contributed by atoms with van der Waals surface area (Å²) in [4.78, 5) is 14.9. The Morgan fingerprint density at radius 2 is 1.65 bits per heavy atom. The first-order chi connectivity index (χ1) is 12.7. The molecule has 3 nitrogen and oxygen atoms in total. The van der Waals surface area contributed by atoms with Crippen molar-refractivity contribution in [1.29, 1.82) is 0 Å². The predicted octanol–water partition coefficient (Wildman–Crippen LogP) is 4.81. The van der Waals surface area contributed by atoms with Crippen LogP contribution in [-0.2, 0) is 0 Å². The van der Waals surface area contributed by atoms with Crippen LogP contribution < -0.4 is 5.32 Å². The van der Waals surface area contributed by atoms with Gasteiger partial charge in [0.15, 0.2) is 0 Å². The van der Waals surface area contributed by atoms with Crippen molar-refractivity contribution >= 4 is 11.6 Å². The van der Waals surface area contributed by atoms with E-state index in [4.69, 9.17) is 0 Å². The van der Waals surface area contributed by atoms with Crippen LogP contribution in [0.1, 0.15) is 53.9 Å². The average Bonchev–Trinajstić information content (AvgIpc) is 3.34. The summed E-state index contributed by atoms with van der Waals surface area (Å²) in [6, 6.07) is 14.6. The molecule has 2 aromatic carbocycles. The Morgan fingerprint density at radius 1 is 0.962 bits per heavy atom. The molecule has 1 aliphatic carbocycles. The molecule has 26 heavy (non-hydrogen) atoms. The molecule has 1 saturated heterocycles. The van der Waals surface area contributed by atoms with E-state index in [1.807, 2.05) is 12.1 Å². The lowest BCUT2D eigenvalue weighted by Crippen LogP contribution is -2.30. The average molecular weight is 352 g/mol. The number of benzene rings is 2. The zero-order chi connectivity index (χ0) is 17.9. The van der Waals surface area contributed by atoms with Gasteiger partial charge in [0.1, 0.15) is 5.82 Å². The molecule has 0 aromatic heterocycles. The topological polar surface area (TPSA) is 32.3 Å². The highest BCUT2D eigenvalue weighted by Gasteiger charge is 2.31. The van der Waals surface area contributed by atoms with Gasteiger partial charge in [-0.3, -0.25) is 4.79 Å². The zero-order valence-electron chi connectivity index (χ0n) is 15.0. The molecule has 2 aromatic rings. The van der Waals surface area contributed by atoms with Gasteiger partial charge in [0.25, 0.3) is 5.91 Å². The number of hydrogen-bond donors (Lipinski definition) is 1. The fraction of sp³-hybridized carbons (Fsp3) is 0.409. The number of carbonyl (C=O) groups excluding carboxylic acids is 1. The van der Waals surface area contributed by atoms with E-state index < -0.39 is 0 Å². The van der Waals surface area contributed by atoms with Crippen molar-refractivity contribution in [2.45, 2.75) is 44.1 Å². The molecule has 2 aliphatic rings. The Bertz CT molecular complexity index is 751. The van der Waals surface area contributed by atoms with E-state index in [-0.39, 0.29) is 11.7 Å². The molecule has 4 rings (SSSR count). The fourth-order valence-electron chi connectivity index (χ4n) is 4.34. The molecule has 136 valence electrons. The van der Waals surface area contributed by atoms with Crippen molar-refractivity contribution < 1.29 is 9.18 Å². The quantitative estimate of drug-likeness (QED) is 0.856. The number of hydrogen-bond acceptors (Lipinski definition) is 2. The van der Waals surface area contributed by atoms with Crippen molar-refractivity contribution in [3.05, 3.63) is 65.5 Å². The first kappa shape index (κ1) is 17.2. The van der Waals surface area contributed by atoms with Crippen LogP contribution in [0.3, 0.4) is 0 Å². The van der Waals surface area contributed by atoms with Crippen LogP contribution in [0.15, 0.2) is 48.5 Å². The molecule has 1 N–H and O–H groups in total. The lowest BCUT2D eigenvalue weighted by atomic mass is 9.97. The molecule has 1 aliphatic heterocycles. The van der Waals surface area contributed by atoms with E-state index in [0.29, 0.717) is 11.5 Å². The molecule has 2 fully saturated rings. The van der Waals surface area contributed by atoms with E-state index >= 15 is 0 Å². The number of nitrogens with zero attached hydrogens (tertiary/aromatic N) is 1. The van der Waals surface area contributed by atoms with Crippen molar-refractivity contribution in [3.63, 3.8) is 0 Å².